The Morgan fingerprint density at radius 3 is 2.71 bits per heavy atom. The number of carbonyl (C=O) groups is 1. The lowest BCUT2D eigenvalue weighted by atomic mass is 10.1. The minimum absolute atomic E-state index is 0.130. The van der Waals surface area contributed by atoms with Crippen LogP contribution in [0.1, 0.15) is 18.4 Å². The van der Waals surface area contributed by atoms with Gasteiger partial charge in [0.2, 0.25) is 5.91 Å². The topological polar surface area (TPSA) is 60.5 Å². The van der Waals surface area contributed by atoms with Crippen molar-refractivity contribution >= 4 is 22.4 Å². The fraction of sp³-hybridized carbons (Fsp3) is 0.238. The van der Waals surface area contributed by atoms with E-state index in [1.807, 2.05) is 31.2 Å². The largest absolute Gasteiger partial charge is 0.494 e. The van der Waals surface area contributed by atoms with E-state index in [0.29, 0.717) is 35.8 Å². The third-order valence-corrected chi connectivity index (χ3v) is 4.79. The monoisotopic (exact) mass is 400 g/mol. The molecular formula is C21H21FN2O3S. The summed E-state index contributed by atoms with van der Waals surface area (Å²) in [6.07, 6.45) is 0.930. The Balaban J connectivity index is 1.47. The standard InChI is InChI=1S/C21H21FN2O3S/c1-14-5-8-16(9-6-14)27-11-3-4-20(25)24-21-23-18(13-28-21)15-7-10-19(26-2)17(22)12-15/h5-10,12-13H,3-4,11H2,1-2H3,(H,23,24,25). The van der Waals surface area contributed by atoms with E-state index in [-0.39, 0.29) is 11.7 Å². The zero-order valence-electron chi connectivity index (χ0n) is 15.7. The predicted molar refractivity (Wildman–Crippen MR) is 109 cm³/mol. The van der Waals surface area contributed by atoms with Crippen LogP contribution in [0.3, 0.4) is 0 Å². The second kappa shape index (κ2) is 9.32. The van der Waals surface area contributed by atoms with E-state index >= 15 is 0 Å². The number of hydrogen-bond donors (Lipinski definition) is 1. The van der Waals surface area contributed by atoms with Crippen LogP contribution in [0.15, 0.2) is 47.8 Å². The van der Waals surface area contributed by atoms with Crippen LogP contribution in [0.2, 0.25) is 0 Å². The minimum atomic E-state index is -0.452. The first-order valence-electron chi connectivity index (χ1n) is 8.84. The fourth-order valence-corrected chi connectivity index (χ4v) is 3.26. The number of amides is 1. The summed E-state index contributed by atoms with van der Waals surface area (Å²) in [5.74, 6) is 0.393. The predicted octanol–water partition coefficient (Wildman–Crippen LogP) is 5.06. The maximum absolute atomic E-state index is 13.8. The van der Waals surface area contributed by atoms with E-state index in [2.05, 4.69) is 10.3 Å². The molecule has 1 amide bonds. The van der Waals surface area contributed by atoms with Crippen molar-refractivity contribution in [2.45, 2.75) is 19.8 Å². The number of halogens is 1. The summed E-state index contributed by atoms with van der Waals surface area (Å²) in [4.78, 5) is 16.4. The molecule has 0 unspecified atom stereocenters. The Kier molecular flexibility index (Phi) is 6.60. The maximum Gasteiger partial charge on any atom is 0.226 e. The molecule has 0 aliphatic heterocycles. The van der Waals surface area contributed by atoms with Gasteiger partial charge in [-0.15, -0.1) is 11.3 Å². The molecule has 0 saturated carbocycles. The molecule has 0 atom stereocenters. The van der Waals surface area contributed by atoms with Gasteiger partial charge < -0.3 is 14.8 Å². The van der Waals surface area contributed by atoms with Gasteiger partial charge >= 0.3 is 0 Å². The molecule has 0 aliphatic rings. The third kappa shape index (κ3) is 5.29. The van der Waals surface area contributed by atoms with Crippen LogP contribution < -0.4 is 14.8 Å². The van der Waals surface area contributed by atoms with Crippen LogP contribution in [0.4, 0.5) is 9.52 Å². The maximum atomic E-state index is 13.8. The normalized spacial score (nSPS) is 10.5. The number of hydrogen-bond acceptors (Lipinski definition) is 5. The smallest absolute Gasteiger partial charge is 0.226 e. The van der Waals surface area contributed by atoms with Crippen molar-refractivity contribution in [3.63, 3.8) is 0 Å². The van der Waals surface area contributed by atoms with Crippen molar-refractivity contribution in [1.29, 1.82) is 0 Å². The second-order valence-electron chi connectivity index (χ2n) is 6.20. The Morgan fingerprint density at radius 2 is 2.00 bits per heavy atom. The molecule has 1 aromatic heterocycles. The van der Waals surface area contributed by atoms with Gasteiger partial charge in [0.1, 0.15) is 5.75 Å². The molecule has 1 N–H and O–H groups in total. The molecule has 146 valence electrons. The van der Waals surface area contributed by atoms with E-state index in [1.165, 1.54) is 30.1 Å². The summed E-state index contributed by atoms with van der Waals surface area (Å²) in [7, 11) is 1.42. The van der Waals surface area contributed by atoms with Crippen molar-refractivity contribution in [2.24, 2.45) is 0 Å². The number of ether oxygens (including phenoxy) is 2. The van der Waals surface area contributed by atoms with Gasteiger partial charge in [0.25, 0.3) is 0 Å². The Labute approximate surface area is 167 Å². The number of rotatable bonds is 8. The zero-order valence-corrected chi connectivity index (χ0v) is 16.5. The number of anilines is 1. The molecule has 0 radical (unpaired) electrons. The lowest BCUT2D eigenvalue weighted by Gasteiger charge is -2.06. The highest BCUT2D eigenvalue weighted by Gasteiger charge is 2.10. The molecular weight excluding hydrogens is 379 g/mol. The van der Waals surface area contributed by atoms with Crippen LogP contribution in [-0.2, 0) is 4.79 Å². The third-order valence-electron chi connectivity index (χ3n) is 4.04. The van der Waals surface area contributed by atoms with Crippen LogP contribution >= 0.6 is 11.3 Å². The minimum Gasteiger partial charge on any atom is -0.494 e. The SMILES string of the molecule is COc1ccc(-c2csc(NC(=O)CCCOc3ccc(C)cc3)n2)cc1F. The molecule has 5 nitrogen and oxygen atoms in total. The number of aryl methyl sites for hydroxylation is 1. The van der Waals surface area contributed by atoms with Crippen LogP contribution in [0, 0.1) is 12.7 Å². The first-order chi connectivity index (χ1) is 13.5. The van der Waals surface area contributed by atoms with Crippen molar-refractivity contribution in [3.05, 3.63) is 59.2 Å². The van der Waals surface area contributed by atoms with Gasteiger partial charge in [0.15, 0.2) is 16.7 Å². The summed E-state index contributed by atoms with van der Waals surface area (Å²) >= 11 is 1.30. The summed E-state index contributed by atoms with van der Waals surface area (Å²) in [5, 5.41) is 5.03. The average molecular weight is 400 g/mol. The molecule has 0 bridgehead atoms. The van der Waals surface area contributed by atoms with E-state index in [4.69, 9.17) is 9.47 Å². The number of methoxy groups -OCH3 is 1. The summed E-state index contributed by atoms with van der Waals surface area (Å²) < 4.78 is 24.4. The van der Waals surface area contributed by atoms with Gasteiger partial charge in [-0.1, -0.05) is 17.7 Å². The molecule has 0 fully saturated rings. The summed E-state index contributed by atoms with van der Waals surface area (Å²) in [6, 6.07) is 12.4. The van der Waals surface area contributed by atoms with Crippen LogP contribution in [0.25, 0.3) is 11.3 Å². The number of nitrogens with one attached hydrogen (secondary N) is 1. The number of thiazole rings is 1. The molecule has 2 aromatic carbocycles. The summed E-state index contributed by atoms with van der Waals surface area (Å²) in [6.45, 7) is 2.48. The van der Waals surface area contributed by atoms with E-state index < -0.39 is 5.82 Å². The van der Waals surface area contributed by atoms with Crippen LogP contribution in [0.5, 0.6) is 11.5 Å². The first-order valence-corrected chi connectivity index (χ1v) is 9.72. The Morgan fingerprint density at radius 1 is 1.21 bits per heavy atom. The van der Waals surface area contributed by atoms with Gasteiger partial charge in [-0.2, -0.15) is 0 Å². The zero-order chi connectivity index (χ0) is 19.9. The lowest BCUT2D eigenvalue weighted by Crippen LogP contribution is -2.12. The summed E-state index contributed by atoms with van der Waals surface area (Å²) in [5.41, 5.74) is 2.40. The molecule has 7 heteroatoms. The highest BCUT2D eigenvalue weighted by Crippen LogP contribution is 2.28. The fourth-order valence-electron chi connectivity index (χ4n) is 2.53. The number of benzene rings is 2. The Bertz CT molecular complexity index is 941. The molecule has 28 heavy (non-hydrogen) atoms. The lowest BCUT2D eigenvalue weighted by molar-refractivity contribution is -0.116. The van der Waals surface area contributed by atoms with E-state index in [9.17, 15) is 9.18 Å². The highest BCUT2D eigenvalue weighted by molar-refractivity contribution is 7.14. The van der Waals surface area contributed by atoms with Crippen molar-refractivity contribution in [2.75, 3.05) is 19.0 Å². The molecule has 3 aromatic rings. The number of aromatic nitrogens is 1. The molecule has 0 saturated heterocycles. The molecule has 3 rings (SSSR count). The second-order valence-corrected chi connectivity index (χ2v) is 7.06. The van der Waals surface area contributed by atoms with Crippen LogP contribution in [-0.4, -0.2) is 24.6 Å². The van der Waals surface area contributed by atoms with Gasteiger partial charge in [-0.3, -0.25) is 4.79 Å². The van der Waals surface area contributed by atoms with Crippen molar-refractivity contribution < 1.29 is 18.7 Å². The van der Waals surface area contributed by atoms with Crippen molar-refractivity contribution in [3.8, 4) is 22.8 Å². The Hall–Kier alpha value is -2.93. The quantitative estimate of drug-likeness (QED) is 0.537. The van der Waals surface area contributed by atoms with Crippen molar-refractivity contribution in [1.82, 2.24) is 4.98 Å². The highest BCUT2D eigenvalue weighted by atomic mass is 32.1. The first kappa shape index (κ1) is 19.8. The molecule has 1 heterocycles. The molecule has 0 spiro atoms. The number of carbonyl (C=O) groups excluding carboxylic acids is 1. The van der Waals surface area contributed by atoms with Gasteiger partial charge in [0.05, 0.1) is 19.4 Å². The van der Waals surface area contributed by atoms with Gasteiger partial charge in [-0.05, 0) is 43.7 Å². The van der Waals surface area contributed by atoms with Gasteiger partial charge in [-0.25, -0.2) is 9.37 Å². The molecule has 0 aliphatic carbocycles. The van der Waals surface area contributed by atoms with E-state index in [1.54, 1.807) is 17.5 Å². The average Bonchev–Trinajstić information content (AvgIpc) is 3.15. The number of nitrogens with zero attached hydrogens (tertiary/aromatic N) is 1. The van der Waals surface area contributed by atoms with Gasteiger partial charge in [0, 0.05) is 17.4 Å². The van der Waals surface area contributed by atoms with E-state index in [0.717, 1.165) is 5.75 Å².